The molecule has 2 heterocycles. The maximum absolute atomic E-state index is 12.0. The average Bonchev–Trinajstić information content (AvgIpc) is 2.80. The molecule has 2 atom stereocenters. The fourth-order valence-electron chi connectivity index (χ4n) is 3.27. The minimum Gasteiger partial charge on any atom is -0.353 e. The molecule has 0 aromatic heterocycles. The zero-order chi connectivity index (χ0) is 14.7. The second-order valence-corrected chi connectivity index (χ2v) is 7.53. The number of hydrogen-bond donors (Lipinski definition) is 2. The molecule has 2 aliphatic rings. The molecule has 3 nitrogen and oxygen atoms in total. The van der Waals surface area contributed by atoms with Gasteiger partial charge in [-0.25, -0.2) is 0 Å². The molecule has 2 saturated heterocycles. The second-order valence-electron chi connectivity index (χ2n) is 5.93. The standard InChI is InChI=1S/C16H21ClN2OS.ClH/c17-11-1-5-15(6-2-11)21-8-7-16(20)19-14-9-12-3-4-13(10-14)18-12;/h1-2,5-6,12-14,18H,3-4,7-10H2,(H,19,20);1H. The number of carbonyl (C=O) groups excluding carboxylic acids is 1. The molecule has 0 aliphatic carbocycles. The molecule has 1 amide bonds. The van der Waals surface area contributed by atoms with Crippen molar-refractivity contribution in [2.24, 2.45) is 0 Å². The molecule has 0 radical (unpaired) electrons. The lowest BCUT2D eigenvalue weighted by molar-refractivity contribution is -0.121. The number of rotatable bonds is 5. The average molecular weight is 361 g/mol. The summed E-state index contributed by atoms with van der Waals surface area (Å²) >= 11 is 7.56. The molecule has 2 fully saturated rings. The van der Waals surface area contributed by atoms with Crippen molar-refractivity contribution in [3.63, 3.8) is 0 Å². The minimum absolute atomic E-state index is 0. The van der Waals surface area contributed by atoms with Crippen molar-refractivity contribution in [3.05, 3.63) is 29.3 Å². The Balaban J connectivity index is 0.00000176. The molecule has 1 aromatic carbocycles. The van der Waals surface area contributed by atoms with Gasteiger partial charge in [0.25, 0.3) is 0 Å². The summed E-state index contributed by atoms with van der Waals surface area (Å²) in [6.07, 6.45) is 5.29. The molecule has 2 aliphatic heterocycles. The fourth-order valence-corrected chi connectivity index (χ4v) is 4.25. The lowest BCUT2D eigenvalue weighted by Gasteiger charge is -2.29. The Morgan fingerprint density at radius 1 is 1.23 bits per heavy atom. The SMILES string of the molecule is Cl.O=C(CCSc1ccc(Cl)cc1)NC1CC2CCC(C1)N2. The zero-order valence-electron chi connectivity index (χ0n) is 12.4. The van der Waals surface area contributed by atoms with Gasteiger partial charge in [-0.05, 0) is 49.9 Å². The molecule has 0 saturated carbocycles. The molecular formula is C16H22Cl2N2OS. The Bertz CT molecular complexity index is 485. The highest BCUT2D eigenvalue weighted by Gasteiger charge is 2.33. The van der Waals surface area contributed by atoms with Crippen molar-refractivity contribution in [1.82, 2.24) is 10.6 Å². The second kappa shape index (κ2) is 8.44. The van der Waals surface area contributed by atoms with Gasteiger partial charge in [-0.1, -0.05) is 11.6 Å². The van der Waals surface area contributed by atoms with E-state index in [0.29, 0.717) is 24.5 Å². The Labute approximate surface area is 147 Å². The molecular weight excluding hydrogens is 339 g/mol. The van der Waals surface area contributed by atoms with E-state index in [-0.39, 0.29) is 18.3 Å². The predicted molar refractivity (Wildman–Crippen MR) is 95.2 cm³/mol. The van der Waals surface area contributed by atoms with Crippen LogP contribution >= 0.6 is 35.8 Å². The lowest BCUT2D eigenvalue weighted by atomic mass is 10.00. The van der Waals surface area contributed by atoms with Crippen LogP contribution in [0, 0.1) is 0 Å². The molecule has 3 rings (SSSR count). The molecule has 2 bridgehead atoms. The van der Waals surface area contributed by atoms with E-state index in [4.69, 9.17) is 11.6 Å². The lowest BCUT2D eigenvalue weighted by Crippen LogP contribution is -2.48. The zero-order valence-corrected chi connectivity index (χ0v) is 14.8. The quantitative estimate of drug-likeness (QED) is 0.787. The summed E-state index contributed by atoms with van der Waals surface area (Å²) in [5.74, 6) is 0.994. The number of amides is 1. The largest absolute Gasteiger partial charge is 0.353 e. The van der Waals surface area contributed by atoms with E-state index in [9.17, 15) is 4.79 Å². The van der Waals surface area contributed by atoms with Gasteiger partial charge in [0.15, 0.2) is 0 Å². The third-order valence-corrected chi connectivity index (χ3v) is 5.52. The van der Waals surface area contributed by atoms with Gasteiger partial charge < -0.3 is 10.6 Å². The predicted octanol–water partition coefficient (Wildman–Crippen LogP) is 3.64. The normalized spacial score (nSPS) is 26.3. The van der Waals surface area contributed by atoms with Crippen molar-refractivity contribution in [2.45, 2.75) is 55.1 Å². The van der Waals surface area contributed by atoms with Crippen LogP contribution in [0.3, 0.4) is 0 Å². The van der Waals surface area contributed by atoms with Crippen molar-refractivity contribution in [2.75, 3.05) is 5.75 Å². The summed E-state index contributed by atoms with van der Waals surface area (Å²) in [5, 5.41) is 7.55. The monoisotopic (exact) mass is 360 g/mol. The number of fused-ring (bicyclic) bond motifs is 2. The van der Waals surface area contributed by atoms with E-state index in [1.54, 1.807) is 11.8 Å². The van der Waals surface area contributed by atoms with Gasteiger partial charge in [0.1, 0.15) is 0 Å². The highest BCUT2D eigenvalue weighted by Crippen LogP contribution is 2.27. The van der Waals surface area contributed by atoms with Crippen LogP contribution in [0.5, 0.6) is 0 Å². The van der Waals surface area contributed by atoms with Crippen LogP contribution in [0.15, 0.2) is 29.2 Å². The van der Waals surface area contributed by atoms with Gasteiger partial charge in [0, 0.05) is 40.2 Å². The molecule has 0 spiro atoms. The maximum atomic E-state index is 12.0. The molecule has 2 N–H and O–H groups in total. The van der Waals surface area contributed by atoms with Crippen LogP contribution in [-0.2, 0) is 4.79 Å². The fraction of sp³-hybridized carbons (Fsp3) is 0.562. The Hall–Kier alpha value is -0.420. The number of piperidine rings is 1. The summed E-state index contributed by atoms with van der Waals surface area (Å²) < 4.78 is 0. The molecule has 1 aromatic rings. The summed E-state index contributed by atoms with van der Waals surface area (Å²) in [5.41, 5.74) is 0. The van der Waals surface area contributed by atoms with Gasteiger partial charge in [-0.15, -0.1) is 24.2 Å². The van der Waals surface area contributed by atoms with Crippen LogP contribution in [0.4, 0.5) is 0 Å². The first-order valence-electron chi connectivity index (χ1n) is 7.63. The van der Waals surface area contributed by atoms with Gasteiger partial charge >= 0.3 is 0 Å². The van der Waals surface area contributed by atoms with Crippen LogP contribution in [-0.4, -0.2) is 29.8 Å². The highest BCUT2D eigenvalue weighted by atomic mass is 35.5. The van der Waals surface area contributed by atoms with E-state index >= 15 is 0 Å². The van der Waals surface area contributed by atoms with Gasteiger partial charge in [0.05, 0.1) is 0 Å². The summed E-state index contributed by atoms with van der Waals surface area (Å²) in [4.78, 5) is 13.2. The molecule has 2 unspecified atom stereocenters. The van der Waals surface area contributed by atoms with Crippen molar-refractivity contribution in [3.8, 4) is 0 Å². The van der Waals surface area contributed by atoms with E-state index in [2.05, 4.69) is 10.6 Å². The number of nitrogens with one attached hydrogen (secondary N) is 2. The number of thioether (sulfide) groups is 1. The summed E-state index contributed by atoms with van der Waals surface area (Å²) in [7, 11) is 0. The molecule has 6 heteroatoms. The maximum Gasteiger partial charge on any atom is 0.221 e. The van der Waals surface area contributed by atoms with Gasteiger partial charge in [-0.3, -0.25) is 4.79 Å². The first-order chi connectivity index (χ1) is 10.2. The Kier molecular flexibility index (Phi) is 6.87. The number of benzene rings is 1. The van der Waals surface area contributed by atoms with E-state index < -0.39 is 0 Å². The molecule has 122 valence electrons. The van der Waals surface area contributed by atoms with Crippen LogP contribution in [0.2, 0.25) is 5.02 Å². The van der Waals surface area contributed by atoms with Crippen molar-refractivity contribution >= 4 is 41.7 Å². The summed E-state index contributed by atoms with van der Waals surface area (Å²) in [6.45, 7) is 0. The molecule has 22 heavy (non-hydrogen) atoms. The van der Waals surface area contributed by atoms with Crippen LogP contribution in [0.1, 0.15) is 32.1 Å². The highest BCUT2D eigenvalue weighted by molar-refractivity contribution is 7.99. The Morgan fingerprint density at radius 2 is 1.86 bits per heavy atom. The first-order valence-corrected chi connectivity index (χ1v) is 8.99. The third kappa shape index (κ3) is 5.05. The number of carbonyl (C=O) groups is 1. The van der Waals surface area contributed by atoms with Gasteiger partial charge in [0.2, 0.25) is 5.91 Å². The summed E-state index contributed by atoms with van der Waals surface area (Å²) in [6, 6.07) is 9.38. The number of halogens is 2. The van der Waals surface area contributed by atoms with Crippen molar-refractivity contribution in [1.29, 1.82) is 0 Å². The van der Waals surface area contributed by atoms with Crippen LogP contribution < -0.4 is 10.6 Å². The third-order valence-electron chi connectivity index (χ3n) is 4.25. The van der Waals surface area contributed by atoms with E-state index in [0.717, 1.165) is 28.5 Å². The number of hydrogen-bond acceptors (Lipinski definition) is 3. The Morgan fingerprint density at radius 3 is 2.50 bits per heavy atom. The first kappa shape index (κ1) is 17.9. The van der Waals surface area contributed by atoms with Crippen LogP contribution in [0.25, 0.3) is 0 Å². The van der Waals surface area contributed by atoms with E-state index in [1.807, 2.05) is 24.3 Å². The van der Waals surface area contributed by atoms with E-state index in [1.165, 1.54) is 12.8 Å². The smallest absolute Gasteiger partial charge is 0.221 e. The van der Waals surface area contributed by atoms with Gasteiger partial charge in [-0.2, -0.15) is 0 Å². The minimum atomic E-state index is 0. The van der Waals surface area contributed by atoms with Crippen molar-refractivity contribution < 1.29 is 4.79 Å². The topological polar surface area (TPSA) is 41.1 Å².